The Morgan fingerprint density at radius 1 is 0.976 bits per heavy atom. The Labute approximate surface area is 252 Å². The SMILES string of the molecule is CC12CC[C@H](OC[C@H](O)CO)[C@H](Oc3ccccc3)[C@]1(C)CC[C@@H]1[C@@H]2CC[C@@]2(C)[C@H]1CCCN2C(=O)[C@H]1CCCCO1. The van der Waals surface area contributed by atoms with E-state index in [0.29, 0.717) is 24.4 Å². The molecule has 0 aromatic heterocycles. The summed E-state index contributed by atoms with van der Waals surface area (Å²) in [5, 5.41) is 19.5. The minimum absolute atomic E-state index is 0.0743. The average Bonchev–Trinajstić information content (AvgIpc) is 3.01. The third kappa shape index (κ3) is 5.10. The van der Waals surface area contributed by atoms with Gasteiger partial charge < -0.3 is 29.3 Å². The molecule has 2 saturated heterocycles. The Kier molecular flexibility index (Phi) is 8.69. The number of amides is 1. The Hall–Kier alpha value is -1.67. The molecule has 42 heavy (non-hydrogen) atoms. The van der Waals surface area contributed by atoms with Gasteiger partial charge in [0.25, 0.3) is 5.91 Å². The molecule has 1 aromatic rings. The van der Waals surface area contributed by atoms with Gasteiger partial charge in [0.15, 0.2) is 0 Å². The van der Waals surface area contributed by atoms with Crippen LogP contribution in [0.15, 0.2) is 30.3 Å². The van der Waals surface area contributed by atoms with Gasteiger partial charge in [0.1, 0.15) is 24.1 Å². The molecule has 3 saturated carbocycles. The highest BCUT2D eigenvalue weighted by molar-refractivity contribution is 5.82. The molecule has 234 valence electrons. The minimum atomic E-state index is -0.883. The lowest BCUT2D eigenvalue weighted by Gasteiger charge is -2.68. The molecule has 2 N–H and O–H groups in total. The molecule has 5 fully saturated rings. The van der Waals surface area contributed by atoms with Gasteiger partial charge in [-0.15, -0.1) is 0 Å². The van der Waals surface area contributed by atoms with E-state index >= 15 is 0 Å². The molecule has 0 radical (unpaired) electrons. The number of likely N-dealkylation sites (tertiary alicyclic amines) is 1. The number of fused-ring (bicyclic) bond motifs is 5. The number of piperidine rings is 1. The number of hydrogen-bond acceptors (Lipinski definition) is 6. The molecule has 0 bridgehead atoms. The van der Waals surface area contributed by atoms with E-state index < -0.39 is 6.10 Å². The molecular weight excluding hydrogens is 530 g/mol. The van der Waals surface area contributed by atoms with Gasteiger partial charge in [0, 0.05) is 24.1 Å². The summed E-state index contributed by atoms with van der Waals surface area (Å²) in [6, 6.07) is 10.1. The summed E-state index contributed by atoms with van der Waals surface area (Å²) in [7, 11) is 0. The van der Waals surface area contributed by atoms with Gasteiger partial charge in [0.2, 0.25) is 0 Å². The predicted octanol–water partition coefficient (Wildman–Crippen LogP) is 5.37. The summed E-state index contributed by atoms with van der Waals surface area (Å²) in [5.41, 5.74) is -0.127. The van der Waals surface area contributed by atoms with Gasteiger partial charge in [-0.1, -0.05) is 32.0 Å². The Morgan fingerprint density at radius 3 is 2.50 bits per heavy atom. The van der Waals surface area contributed by atoms with Crippen LogP contribution in [0.3, 0.4) is 0 Å². The van der Waals surface area contributed by atoms with Crippen LogP contribution in [0.5, 0.6) is 5.75 Å². The van der Waals surface area contributed by atoms with Gasteiger partial charge in [-0.25, -0.2) is 0 Å². The highest BCUT2D eigenvalue weighted by atomic mass is 16.5. The van der Waals surface area contributed by atoms with Crippen molar-refractivity contribution in [2.45, 2.75) is 121 Å². The quantitative estimate of drug-likeness (QED) is 0.449. The van der Waals surface area contributed by atoms with Crippen LogP contribution in [0.2, 0.25) is 0 Å². The van der Waals surface area contributed by atoms with Crippen LogP contribution in [0.1, 0.15) is 91.4 Å². The summed E-state index contributed by atoms with van der Waals surface area (Å²) in [6.45, 7) is 8.73. The number of ether oxygens (including phenoxy) is 3. The molecule has 1 unspecified atom stereocenters. The van der Waals surface area contributed by atoms with E-state index in [-0.39, 0.29) is 53.8 Å². The van der Waals surface area contributed by atoms with E-state index in [0.717, 1.165) is 76.5 Å². The summed E-state index contributed by atoms with van der Waals surface area (Å²) in [4.78, 5) is 16.1. The van der Waals surface area contributed by atoms with Gasteiger partial charge in [0.05, 0.1) is 19.3 Å². The van der Waals surface area contributed by atoms with Crippen LogP contribution in [0, 0.1) is 28.6 Å². The number of rotatable bonds is 7. The van der Waals surface area contributed by atoms with E-state index in [1.165, 1.54) is 6.42 Å². The number of carbonyl (C=O) groups excluding carboxylic acids is 1. The smallest absolute Gasteiger partial charge is 0.252 e. The molecule has 2 heterocycles. The van der Waals surface area contributed by atoms with Crippen molar-refractivity contribution in [1.29, 1.82) is 0 Å². The second kappa shape index (κ2) is 12.0. The number of hydrogen-bond donors (Lipinski definition) is 2. The molecule has 1 amide bonds. The molecule has 0 spiro atoms. The lowest BCUT2D eigenvalue weighted by molar-refractivity contribution is -0.232. The first-order valence-electron chi connectivity index (χ1n) is 16.8. The normalized spacial score (nSPS) is 42.5. The van der Waals surface area contributed by atoms with Crippen molar-refractivity contribution in [3.05, 3.63) is 30.3 Å². The van der Waals surface area contributed by atoms with Crippen LogP contribution in [0.4, 0.5) is 0 Å². The largest absolute Gasteiger partial charge is 0.487 e. The zero-order valence-corrected chi connectivity index (χ0v) is 26.0. The van der Waals surface area contributed by atoms with E-state index in [9.17, 15) is 15.0 Å². The van der Waals surface area contributed by atoms with Crippen LogP contribution in [-0.4, -0.2) is 77.3 Å². The average molecular weight is 584 g/mol. The van der Waals surface area contributed by atoms with E-state index in [1.54, 1.807) is 0 Å². The van der Waals surface area contributed by atoms with Gasteiger partial charge >= 0.3 is 0 Å². The number of benzene rings is 1. The fourth-order valence-electron chi connectivity index (χ4n) is 10.3. The molecule has 6 rings (SSSR count). The Morgan fingerprint density at radius 2 is 1.76 bits per heavy atom. The maximum Gasteiger partial charge on any atom is 0.252 e. The first-order chi connectivity index (χ1) is 20.2. The summed E-state index contributed by atoms with van der Waals surface area (Å²) in [6.07, 6.45) is 10.2. The van der Waals surface area contributed by atoms with Crippen molar-refractivity contribution in [2.75, 3.05) is 26.4 Å². The number of carbonyl (C=O) groups is 1. The summed E-state index contributed by atoms with van der Waals surface area (Å²) < 4.78 is 19.2. The number of nitrogens with zero attached hydrogens (tertiary/aromatic N) is 1. The van der Waals surface area contributed by atoms with Gasteiger partial charge in [-0.2, -0.15) is 0 Å². The fourth-order valence-corrected chi connectivity index (χ4v) is 10.3. The lowest BCUT2D eigenvalue weighted by Crippen LogP contribution is -2.69. The topological polar surface area (TPSA) is 88.5 Å². The van der Waals surface area contributed by atoms with Crippen LogP contribution in [0.25, 0.3) is 0 Å². The summed E-state index contributed by atoms with van der Waals surface area (Å²) in [5.74, 6) is 2.78. The first kappa shape index (κ1) is 30.4. The van der Waals surface area contributed by atoms with E-state index in [1.807, 2.05) is 30.3 Å². The molecule has 10 atom stereocenters. The minimum Gasteiger partial charge on any atom is -0.487 e. The van der Waals surface area contributed by atoms with E-state index in [4.69, 9.17) is 14.2 Å². The monoisotopic (exact) mass is 583 g/mol. The molecule has 3 aliphatic carbocycles. The summed E-state index contributed by atoms with van der Waals surface area (Å²) >= 11 is 0. The van der Waals surface area contributed by atoms with Crippen molar-refractivity contribution in [3.8, 4) is 5.75 Å². The van der Waals surface area contributed by atoms with E-state index in [2.05, 4.69) is 25.7 Å². The Balaban J connectivity index is 1.26. The Bertz CT molecular complexity index is 1080. The third-order valence-electron chi connectivity index (χ3n) is 12.8. The third-order valence-corrected chi connectivity index (χ3v) is 12.8. The van der Waals surface area contributed by atoms with Crippen molar-refractivity contribution in [1.82, 2.24) is 4.90 Å². The molecule has 5 aliphatic rings. The van der Waals surface area contributed by atoms with Crippen molar-refractivity contribution < 1.29 is 29.2 Å². The number of aliphatic hydroxyl groups excluding tert-OH is 2. The highest BCUT2D eigenvalue weighted by Crippen LogP contribution is 2.68. The molecular formula is C35H53NO6. The maximum atomic E-state index is 13.8. The molecule has 7 nitrogen and oxygen atoms in total. The zero-order valence-electron chi connectivity index (χ0n) is 26.0. The zero-order chi connectivity index (χ0) is 29.5. The highest BCUT2D eigenvalue weighted by Gasteiger charge is 2.66. The second-order valence-corrected chi connectivity index (χ2v) is 14.7. The maximum absolute atomic E-state index is 13.8. The number of para-hydroxylation sites is 1. The van der Waals surface area contributed by atoms with Crippen LogP contribution in [-0.2, 0) is 14.3 Å². The standard InChI is InChI=1S/C35H53NO6/c1-33-18-16-29(41-23-24(38)22-37)31(42-25-10-5-4-6-11-25)34(33,2)17-14-26-27(33)15-19-35(3)28(26)12-9-20-36(35)32(39)30-13-7-8-21-40-30/h4-6,10-11,24,26-31,37-38H,7-9,12-23H2,1-3H3/t24-,26-,27+,28+,29+,30-,31+,33?,34+,35+/m1/s1. The predicted molar refractivity (Wildman–Crippen MR) is 161 cm³/mol. The van der Waals surface area contributed by atoms with Crippen LogP contribution < -0.4 is 4.74 Å². The van der Waals surface area contributed by atoms with Gasteiger partial charge in [-0.05, 0) is 113 Å². The van der Waals surface area contributed by atoms with Crippen molar-refractivity contribution in [3.63, 3.8) is 0 Å². The first-order valence-corrected chi connectivity index (χ1v) is 16.8. The van der Waals surface area contributed by atoms with Gasteiger partial charge in [-0.3, -0.25) is 4.79 Å². The lowest BCUT2D eigenvalue weighted by atomic mass is 9.40. The fraction of sp³-hybridized carbons (Fsp3) is 0.800. The van der Waals surface area contributed by atoms with Crippen LogP contribution >= 0.6 is 0 Å². The second-order valence-electron chi connectivity index (χ2n) is 14.7. The molecule has 7 heteroatoms. The molecule has 2 aliphatic heterocycles. The van der Waals surface area contributed by atoms with Crippen molar-refractivity contribution >= 4 is 5.91 Å². The van der Waals surface area contributed by atoms with Crippen molar-refractivity contribution in [2.24, 2.45) is 28.6 Å². The molecule has 1 aromatic carbocycles. The number of aliphatic hydroxyl groups is 2.